The van der Waals surface area contributed by atoms with E-state index in [1.165, 1.54) is 0 Å². The summed E-state index contributed by atoms with van der Waals surface area (Å²) >= 11 is 12.3. The van der Waals surface area contributed by atoms with Crippen molar-refractivity contribution in [2.75, 3.05) is 0 Å². The Morgan fingerprint density at radius 3 is 1.75 bits per heavy atom. The lowest BCUT2D eigenvalue weighted by atomic mass is 10.3. The van der Waals surface area contributed by atoms with E-state index in [1.54, 1.807) is 0 Å². The largest absolute Gasteiger partial charge is 0.869 e. The monoisotopic (exact) mass is 420 g/mol. The highest BCUT2D eigenvalue weighted by molar-refractivity contribution is 9.15. The van der Waals surface area contributed by atoms with Gasteiger partial charge in [0.25, 0.3) is 0 Å². The Labute approximate surface area is 102 Å². The predicted octanol–water partition coefficient (Wildman–Crippen LogP) is 3.95. The zero-order valence-corrected chi connectivity index (χ0v) is 11.7. The Kier molecular flexibility index (Phi) is 3.48. The molecule has 0 bridgehead atoms. The molecule has 2 nitrogen and oxygen atoms in total. The minimum absolute atomic E-state index is 0.238. The molecule has 0 aliphatic heterocycles. The molecular weight excluding hydrogens is 424 g/mol. The maximum Gasteiger partial charge on any atom is 0.187 e. The van der Waals surface area contributed by atoms with Crippen molar-refractivity contribution >= 4 is 63.7 Å². The Hall–Kier alpha value is 0.740. The molecular formula is C6Br4O2-. The molecule has 0 fully saturated rings. The van der Waals surface area contributed by atoms with Gasteiger partial charge in [0.05, 0.1) is 8.95 Å². The molecule has 1 aromatic carbocycles. The summed E-state index contributed by atoms with van der Waals surface area (Å²) in [7, 11) is 0. The van der Waals surface area contributed by atoms with E-state index < -0.39 is 11.5 Å². The summed E-state index contributed by atoms with van der Waals surface area (Å²) in [6.45, 7) is 0. The maximum absolute atomic E-state index is 11.1. The van der Waals surface area contributed by atoms with Crippen LogP contribution in [0.2, 0.25) is 0 Å². The molecule has 0 saturated heterocycles. The molecule has 6 heteroatoms. The average molecular weight is 424 g/mol. The van der Waals surface area contributed by atoms with E-state index in [0.29, 0.717) is 8.95 Å². The molecule has 0 aliphatic carbocycles. The first-order valence-electron chi connectivity index (χ1n) is 2.66. The molecule has 1 rings (SSSR count). The van der Waals surface area contributed by atoms with Crippen molar-refractivity contribution in [1.82, 2.24) is 0 Å². The number of hydrogen-bond donors (Lipinski definition) is 0. The van der Waals surface area contributed by atoms with E-state index in [-0.39, 0.29) is 8.95 Å². The zero-order chi connectivity index (χ0) is 9.46. The van der Waals surface area contributed by atoms with Crippen molar-refractivity contribution in [3.05, 3.63) is 17.9 Å². The Morgan fingerprint density at radius 2 is 1.25 bits per heavy atom. The van der Waals surface area contributed by atoms with Crippen molar-refractivity contribution in [3.63, 3.8) is 0 Å². The third-order valence-electron chi connectivity index (χ3n) is 1.18. The molecule has 0 atom stereocenters. The van der Waals surface area contributed by atoms with Crippen LogP contribution in [0.5, 0.6) is 11.5 Å². The molecule has 0 aliphatic rings. The lowest BCUT2D eigenvalue weighted by molar-refractivity contribution is -0.272. The fraction of sp³-hybridized carbons (Fsp3) is 0. The molecule has 0 N–H and O–H groups in total. The van der Waals surface area contributed by atoms with Crippen LogP contribution in [0.15, 0.2) is 17.9 Å². The fourth-order valence-corrected chi connectivity index (χ4v) is 2.64. The Balaban J connectivity index is 3.60. The highest BCUT2D eigenvalue weighted by Crippen LogP contribution is 2.48. The maximum atomic E-state index is 11.1. The van der Waals surface area contributed by atoms with Crippen LogP contribution in [-0.2, 0) is 5.11 Å². The third-order valence-corrected chi connectivity index (χ3v) is 5.88. The summed E-state index contributed by atoms with van der Waals surface area (Å²) in [5.74, 6) is -1.12. The number of rotatable bonds is 0. The summed E-state index contributed by atoms with van der Waals surface area (Å²) in [5.41, 5.74) is 0. The molecule has 0 unspecified atom stereocenters. The van der Waals surface area contributed by atoms with E-state index in [9.17, 15) is 10.2 Å². The quantitative estimate of drug-likeness (QED) is 0.460. The smallest absolute Gasteiger partial charge is 0.187 e. The topological polar surface area (TPSA) is 43.0 Å². The van der Waals surface area contributed by atoms with E-state index >= 15 is 0 Å². The van der Waals surface area contributed by atoms with E-state index in [4.69, 9.17) is 0 Å². The van der Waals surface area contributed by atoms with Crippen LogP contribution in [0.3, 0.4) is 0 Å². The average Bonchev–Trinajstić information content (AvgIpc) is 2.08. The van der Waals surface area contributed by atoms with Crippen molar-refractivity contribution in [2.24, 2.45) is 0 Å². The highest BCUT2D eigenvalue weighted by atomic mass is 79.9. The number of benzene rings is 1. The van der Waals surface area contributed by atoms with Gasteiger partial charge in [0.15, 0.2) is 5.75 Å². The second-order valence-corrected chi connectivity index (χ2v) is 5.09. The third kappa shape index (κ3) is 1.66. The van der Waals surface area contributed by atoms with Gasteiger partial charge in [-0.1, -0.05) is 15.9 Å². The molecule has 1 aromatic rings. The van der Waals surface area contributed by atoms with Crippen LogP contribution in [0.4, 0.5) is 0 Å². The minimum Gasteiger partial charge on any atom is -0.869 e. The van der Waals surface area contributed by atoms with E-state index in [1.807, 2.05) is 0 Å². The minimum atomic E-state index is -0.558. The van der Waals surface area contributed by atoms with Crippen LogP contribution in [0.1, 0.15) is 0 Å². The van der Waals surface area contributed by atoms with E-state index in [0.717, 1.165) is 0 Å². The molecule has 0 saturated carbocycles. The summed E-state index contributed by atoms with van der Waals surface area (Å²) in [5, 5.41) is 22.2. The first-order valence-corrected chi connectivity index (χ1v) is 5.84. The molecule has 0 spiro atoms. The number of hydrogen-bond acceptors (Lipinski definition) is 1. The van der Waals surface area contributed by atoms with Gasteiger partial charge < -0.3 is 5.11 Å². The second kappa shape index (κ2) is 3.86. The summed E-state index contributed by atoms with van der Waals surface area (Å²) in [6.07, 6.45) is 0. The van der Waals surface area contributed by atoms with Crippen LogP contribution in [0.25, 0.3) is 0 Å². The number of halogens is 4. The summed E-state index contributed by atoms with van der Waals surface area (Å²) in [6, 6.07) is 0. The lowest BCUT2D eigenvalue weighted by Crippen LogP contribution is -1.93. The summed E-state index contributed by atoms with van der Waals surface area (Å²) < 4.78 is 1.56. The molecule has 0 amide bonds. The Bertz CT molecular complexity index is 232. The molecule has 0 aromatic heterocycles. The molecule has 65 valence electrons. The van der Waals surface area contributed by atoms with Crippen molar-refractivity contribution in [3.8, 4) is 11.5 Å². The highest BCUT2D eigenvalue weighted by Gasteiger charge is 2.13. The van der Waals surface area contributed by atoms with Gasteiger partial charge >= 0.3 is 0 Å². The van der Waals surface area contributed by atoms with Gasteiger partial charge in [0, 0.05) is 8.95 Å². The van der Waals surface area contributed by atoms with Gasteiger partial charge in [0.1, 0.15) is 0 Å². The van der Waals surface area contributed by atoms with Gasteiger partial charge in [-0.25, -0.2) is 0 Å². The second-order valence-electron chi connectivity index (χ2n) is 1.91. The van der Waals surface area contributed by atoms with Gasteiger partial charge in [-0.2, -0.15) is 0 Å². The SMILES string of the molecule is [O]c1c([O-])c(Br)c(Br)c(Br)c1Br. The van der Waals surface area contributed by atoms with Gasteiger partial charge in [-0.05, 0) is 53.5 Å². The van der Waals surface area contributed by atoms with Crippen LogP contribution in [-0.4, -0.2) is 0 Å². The van der Waals surface area contributed by atoms with Crippen LogP contribution >= 0.6 is 63.7 Å². The van der Waals surface area contributed by atoms with Gasteiger partial charge in [-0.3, -0.25) is 5.11 Å². The lowest BCUT2D eigenvalue weighted by Gasteiger charge is -2.13. The van der Waals surface area contributed by atoms with E-state index in [2.05, 4.69) is 63.7 Å². The van der Waals surface area contributed by atoms with Crippen LogP contribution < -0.4 is 5.11 Å². The zero-order valence-electron chi connectivity index (χ0n) is 5.33. The van der Waals surface area contributed by atoms with Crippen LogP contribution in [0, 0.1) is 0 Å². The van der Waals surface area contributed by atoms with Crippen molar-refractivity contribution in [1.29, 1.82) is 0 Å². The Morgan fingerprint density at radius 1 is 0.833 bits per heavy atom. The molecule has 12 heavy (non-hydrogen) atoms. The normalized spacial score (nSPS) is 10.3. The first kappa shape index (κ1) is 10.8. The standard InChI is InChI=1S/C6HBr4O2/c7-1-2(8)4(10)6(12)5(11)3(1)9/h11H/p-1. The molecule has 1 radical (unpaired) electrons. The molecule has 0 heterocycles. The van der Waals surface area contributed by atoms with Crippen molar-refractivity contribution < 1.29 is 10.2 Å². The van der Waals surface area contributed by atoms with Gasteiger partial charge in [-0.15, -0.1) is 0 Å². The predicted molar refractivity (Wildman–Crippen MR) is 56.8 cm³/mol. The first-order chi connectivity index (χ1) is 5.46. The fourth-order valence-electron chi connectivity index (χ4n) is 0.591. The summed E-state index contributed by atoms with van der Waals surface area (Å²) in [4.78, 5) is 0. The van der Waals surface area contributed by atoms with Crippen molar-refractivity contribution in [2.45, 2.75) is 0 Å². The van der Waals surface area contributed by atoms with Gasteiger partial charge in [0.2, 0.25) is 0 Å².